The van der Waals surface area contributed by atoms with Crippen LogP contribution in [0.3, 0.4) is 0 Å². The zero-order valence-corrected chi connectivity index (χ0v) is 9.05. The highest BCUT2D eigenvalue weighted by atomic mass is 79.9. The molecule has 0 spiro atoms. The molecule has 1 aromatic heterocycles. The maximum absolute atomic E-state index is 4.35. The normalized spacial score (nSPS) is 22.1. The predicted octanol–water partition coefficient (Wildman–Crippen LogP) is 2.14. The Labute approximate surface area is 86.9 Å². The fraction of sp³-hybridized carbons (Fsp3) is 0.500. The van der Waals surface area contributed by atoms with Gasteiger partial charge in [-0.05, 0) is 47.4 Å². The number of rotatable bonds is 2. The number of aromatic nitrogens is 1. The Morgan fingerprint density at radius 2 is 2.54 bits per heavy atom. The van der Waals surface area contributed by atoms with E-state index in [1.54, 1.807) is 0 Å². The molecule has 3 heteroatoms. The zero-order valence-electron chi connectivity index (χ0n) is 7.46. The van der Waals surface area contributed by atoms with Crippen LogP contribution < -0.4 is 5.32 Å². The highest BCUT2D eigenvalue weighted by Crippen LogP contribution is 2.17. The minimum absolute atomic E-state index is 0.631. The predicted molar refractivity (Wildman–Crippen MR) is 56.7 cm³/mol. The summed E-state index contributed by atoms with van der Waals surface area (Å²) in [5, 5.41) is 3.47. The lowest BCUT2D eigenvalue weighted by Crippen LogP contribution is -2.24. The van der Waals surface area contributed by atoms with Gasteiger partial charge in [0.05, 0.1) is 5.69 Å². The molecule has 0 bridgehead atoms. The van der Waals surface area contributed by atoms with Crippen LogP contribution in [0.5, 0.6) is 0 Å². The van der Waals surface area contributed by atoms with Gasteiger partial charge < -0.3 is 5.32 Å². The Balaban J connectivity index is 2.04. The van der Waals surface area contributed by atoms with Crippen LogP contribution in [0.15, 0.2) is 22.8 Å². The van der Waals surface area contributed by atoms with Gasteiger partial charge in [0.1, 0.15) is 0 Å². The monoisotopic (exact) mass is 240 g/mol. The summed E-state index contributed by atoms with van der Waals surface area (Å²) in [6.45, 7) is 1.16. The number of nitrogens with zero attached hydrogens (tertiary/aromatic N) is 1. The van der Waals surface area contributed by atoms with E-state index in [9.17, 15) is 0 Å². The molecule has 2 rings (SSSR count). The van der Waals surface area contributed by atoms with E-state index < -0.39 is 0 Å². The smallest absolute Gasteiger partial charge is 0.0560 e. The second-order valence-corrected chi connectivity index (χ2v) is 4.28. The molecular formula is C10H13BrN2. The van der Waals surface area contributed by atoms with E-state index >= 15 is 0 Å². The van der Waals surface area contributed by atoms with Gasteiger partial charge in [0.2, 0.25) is 0 Å². The van der Waals surface area contributed by atoms with Gasteiger partial charge in [-0.15, -0.1) is 0 Å². The van der Waals surface area contributed by atoms with Gasteiger partial charge in [-0.3, -0.25) is 4.98 Å². The first kappa shape index (κ1) is 9.16. The van der Waals surface area contributed by atoms with E-state index in [2.05, 4.69) is 32.3 Å². The van der Waals surface area contributed by atoms with E-state index in [1.807, 2.05) is 12.3 Å². The van der Waals surface area contributed by atoms with Gasteiger partial charge in [-0.25, -0.2) is 0 Å². The summed E-state index contributed by atoms with van der Waals surface area (Å²) in [7, 11) is 0. The first-order valence-corrected chi connectivity index (χ1v) is 5.48. The lowest BCUT2D eigenvalue weighted by Gasteiger charge is -2.09. The molecular weight excluding hydrogens is 228 g/mol. The summed E-state index contributed by atoms with van der Waals surface area (Å²) >= 11 is 3.51. The first-order valence-electron chi connectivity index (χ1n) is 4.69. The SMILES string of the molecule is Brc1cccnc1CC1CCCN1. The quantitative estimate of drug-likeness (QED) is 0.858. The maximum Gasteiger partial charge on any atom is 0.0560 e. The van der Waals surface area contributed by atoms with E-state index in [0.717, 1.165) is 17.4 Å². The van der Waals surface area contributed by atoms with Crippen LogP contribution in [-0.4, -0.2) is 17.6 Å². The van der Waals surface area contributed by atoms with Crippen molar-refractivity contribution >= 4 is 15.9 Å². The summed E-state index contributed by atoms with van der Waals surface area (Å²) in [5.41, 5.74) is 1.17. The van der Waals surface area contributed by atoms with E-state index in [1.165, 1.54) is 18.5 Å². The molecule has 2 nitrogen and oxygen atoms in total. The molecule has 70 valence electrons. The minimum Gasteiger partial charge on any atom is -0.314 e. The van der Waals surface area contributed by atoms with Gasteiger partial charge in [0.25, 0.3) is 0 Å². The van der Waals surface area contributed by atoms with E-state index in [-0.39, 0.29) is 0 Å². The Bertz CT molecular complexity index is 282. The highest BCUT2D eigenvalue weighted by Gasteiger charge is 2.15. The maximum atomic E-state index is 4.35. The molecule has 1 aliphatic heterocycles. The summed E-state index contributed by atoms with van der Waals surface area (Å²) in [5.74, 6) is 0. The summed E-state index contributed by atoms with van der Waals surface area (Å²) in [6.07, 6.45) is 5.48. The van der Waals surface area contributed by atoms with Gasteiger partial charge in [0.15, 0.2) is 0 Å². The molecule has 2 heterocycles. The highest BCUT2D eigenvalue weighted by molar-refractivity contribution is 9.10. The van der Waals surface area contributed by atoms with Crippen molar-refractivity contribution < 1.29 is 0 Å². The van der Waals surface area contributed by atoms with Crippen molar-refractivity contribution in [3.63, 3.8) is 0 Å². The third-order valence-electron chi connectivity index (χ3n) is 2.44. The average Bonchev–Trinajstić information content (AvgIpc) is 2.61. The van der Waals surface area contributed by atoms with Crippen LogP contribution in [0.2, 0.25) is 0 Å². The van der Waals surface area contributed by atoms with Crippen molar-refractivity contribution in [2.45, 2.75) is 25.3 Å². The third kappa shape index (κ3) is 2.29. The van der Waals surface area contributed by atoms with Crippen LogP contribution >= 0.6 is 15.9 Å². The molecule has 1 aliphatic rings. The molecule has 0 aliphatic carbocycles. The molecule has 1 aromatic rings. The molecule has 1 unspecified atom stereocenters. The number of hydrogen-bond donors (Lipinski definition) is 1. The van der Waals surface area contributed by atoms with Crippen molar-refractivity contribution in [2.75, 3.05) is 6.54 Å². The molecule has 0 saturated carbocycles. The Hall–Kier alpha value is -0.410. The molecule has 1 atom stereocenters. The van der Waals surface area contributed by atoms with Crippen molar-refractivity contribution in [2.24, 2.45) is 0 Å². The second-order valence-electron chi connectivity index (χ2n) is 3.43. The second kappa shape index (κ2) is 4.20. The number of hydrogen-bond acceptors (Lipinski definition) is 2. The Kier molecular flexibility index (Phi) is 2.96. The molecule has 13 heavy (non-hydrogen) atoms. The first-order chi connectivity index (χ1) is 6.36. The molecule has 0 radical (unpaired) electrons. The Morgan fingerprint density at radius 1 is 1.62 bits per heavy atom. The van der Waals surface area contributed by atoms with Crippen molar-refractivity contribution in [3.8, 4) is 0 Å². The van der Waals surface area contributed by atoms with Crippen molar-refractivity contribution in [3.05, 3.63) is 28.5 Å². The zero-order chi connectivity index (χ0) is 9.10. The average molecular weight is 241 g/mol. The number of halogens is 1. The molecule has 1 N–H and O–H groups in total. The number of nitrogens with one attached hydrogen (secondary N) is 1. The van der Waals surface area contributed by atoms with E-state index in [0.29, 0.717) is 6.04 Å². The fourth-order valence-corrected chi connectivity index (χ4v) is 2.15. The van der Waals surface area contributed by atoms with Crippen LogP contribution in [-0.2, 0) is 6.42 Å². The van der Waals surface area contributed by atoms with Gasteiger partial charge in [0, 0.05) is 23.1 Å². The van der Waals surface area contributed by atoms with Crippen LogP contribution in [0.1, 0.15) is 18.5 Å². The summed E-state index contributed by atoms with van der Waals surface area (Å²) in [6, 6.07) is 4.64. The lowest BCUT2D eigenvalue weighted by molar-refractivity contribution is 0.594. The number of pyridine rings is 1. The van der Waals surface area contributed by atoms with E-state index in [4.69, 9.17) is 0 Å². The lowest BCUT2D eigenvalue weighted by atomic mass is 10.1. The van der Waals surface area contributed by atoms with Crippen molar-refractivity contribution in [1.29, 1.82) is 0 Å². The topological polar surface area (TPSA) is 24.9 Å². The van der Waals surface area contributed by atoms with Crippen LogP contribution in [0.4, 0.5) is 0 Å². The largest absolute Gasteiger partial charge is 0.314 e. The minimum atomic E-state index is 0.631. The van der Waals surface area contributed by atoms with Crippen molar-refractivity contribution in [1.82, 2.24) is 10.3 Å². The third-order valence-corrected chi connectivity index (χ3v) is 3.16. The van der Waals surface area contributed by atoms with Crippen LogP contribution in [0, 0.1) is 0 Å². The molecule has 1 fully saturated rings. The van der Waals surface area contributed by atoms with Gasteiger partial charge >= 0.3 is 0 Å². The van der Waals surface area contributed by atoms with Gasteiger partial charge in [-0.1, -0.05) is 0 Å². The Morgan fingerprint density at radius 3 is 3.23 bits per heavy atom. The van der Waals surface area contributed by atoms with Crippen LogP contribution in [0.25, 0.3) is 0 Å². The standard InChI is InChI=1S/C10H13BrN2/c11-9-4-2-6-13-10(9)7-8-3-1-5-12-8/h2,4,6,8,12H,1,3,5,7H2. The fourth-order valence-electron chi connectivity index (χ4n) is 1.73. The molecule has 1 saturated heterocycles. The van der Waals surface area contributed by atoms with Gasteiger partial charge in [-0.2, -0.15) is 0 Å². The molecule has 0 amide bonds. The summed E-state index contributed by atoms with van der Waals surface area (Å²) in [4.78, 5) is 4.35. The summed E-state index contributed by atoms with van der Waals surface area (Å²) < 4.78 is 1.13. The molecule has 0 aromatic carbocycles.